The molecule has 1 aromatic carbocycles. The van der Waals surface area contributed by atoms with Crippen LogP contribution in [0.2, 0.25) is 0 Å². The second kappa shape index (κ2) is 8.07. The molecule has 5 nitrogen and oxygen atoms in total. The lowest BCUT2D eigenvalue weighted by atomic mass is 9.95. The molecule has 1 saturated heterocycles. The summed E-state index contributed by atoms with van der Waals surface area (Å²) >= 11 is 0. The zero-order valence-corrected chi connectivity index (χ0v) is 16.4. The van der Waals surface area contributed by atoms with Crippen LogP contribution in [-0.4, -0.2) is 23.9 Å². The highest BCUT2D eigenvalue weighted by atomic mass is 16.3. The minimum absolute atomic E-state index is 0.0450. The van der Waals surface area contributed by atoms with Gasteiger partial charge >= 0.3 is 0 Å². The van der Waals surface area contributed by atoms with Gasteiger partial charge in [-0.2, -0.15) is 0 Å². The van der Waals surface area contributed by atoms with E-state index in [0.29, 0.717) is 0 Å². The molecule has 0 saturated carbocycles. The van der Waals surface area contributed by atoms with Crippen LogP contribution in [0.4, 0.5) is 5.69 Å². The van der Waals surface area contributed by atoms with Crippen molar-refractivity contribution in [2.24, 2.45) is 5.92 Å². The third kappa shape index (κ3) is 4.20. The summed E-state index contributed by atoms with van der Waals surface area (Å²) in [5, 5.41) is 3.07. The Balaban J connectivity index is 1.31. The number of carbonyl (C=O) groups is 1. The summed E-state index contributed by atoms with van der Waals surface area (Å²) in [4.78, 5) is 15.1. The zero-order valence-electron chi connectivity index (χ0n) is 16.4. The van der Waals surface area contributed by atoms with E-state index >= 15 is 0 Å². The number of likely N-dealkylation sites (tertiary alicyclic amines) is 1. The van der Waals surface area contributed by atoms with Crippen molar-refractivity contribution in [1.29, 1.82) is 0 Å². The molecule has 4 rings (SSSR count). The highest BCUT2D eigenvalue weighted by Crippen LogP contribution is 2.25. The molecule has 146 valence electrons. The fraction of sp³-hybridized carbons (Fsp3) is 0.348. The smallest absolute Gasteiger partial charge is 0.227 e. The van der Waals surface area contributed by atoms with E-state index in [-0.39, 0.29) is 11.8 Å². The zero-order chi connectivity index (χ0) is 19.5. The molecule has 0 bridgehead atoms. The van der Waals surface area contributed by atoms with E-state index in [4.69, 9.17) is 8.83 Å². The first-order valence-corrected chi connectivity index (χ1v) is 9.81. The van der Waals surface area contributed by atoms with Gasteiger partial charge in [-0.1, -0.05) is 12.1 Å². The number of rotatable bonds is 5. The van der Waals surface area contributed by atoms with Gasteiger partial charge in [-0.15, -0.1) is 0 Å². The Bertz CT molecular complexity index is 915. The van der Waals surface area contributed by atoms with Crippen molar-refractivity contribution in [3.05, 3.63) is 65.8 Å². The SMILES string of the molecule is Cc1cc(CN2CCC(C(=O)Nc3cccc(-c4ccco4)c3)CC2)oc1C. The average molecular weight is 378 g/mol. The highest BCUT2D eigenvalue weighted by molar-refractivity contribution is 5.93. The lowest BCUT2D eigenvalue weighted by molar-refractivity contribution is -0.121. The molecule has 0 atom stereocenters. The summed E-state index contributed by atoms with van der Waals surface area (Å²) in [6, 6.07) is 13.7. The van der Waals surface area contributed by atoms with E-state index < -0.39 is 0 Å². The van der Waals surface area contributed by atoms with Crippen molar-refractivity contribution in [3.63, 3.8) is 0 Å². The average Bonchev–Trinajstić information content (AvgIpc) is 3.33. The maximum Gasteiger partial charge on any atom is 0.227 e. The Kier molecular flexibility index (Phi) is 5.35. The molecule has 2 aromatic heterocycles. The third-order valence-corrected chi connectivity index (χ3v) is 5.49. The van der Waals surface area contributed by atoms with Crippen LogP contribution in [0.5, 0.6) is 0 Å². The van der Waals surface area contributed by atoms with E-state index in [1.165, 1.54) is 5.56 Å². The minimum atomic E-state index is 0.0450. The molecule has 0 unspecified atom stereocenters. The number of nitrogens with one attached hydrogen (secondary N) is 1. The van der Waals surface area contributed by atoms with Crippen molar-refractivity contribution in [2.45, 2.75) is 33.2 Å². The van der Waals surface area contributed by atoms with Gasteiger partial charge in [0.1, 0.15) is 17.3 Å². The van der Waals surface area contributed by atoms with E-state index in [1.807, 2.05) is 43.3 Å². The van der Waals surface area contributed by atoms with E-state index in [2.05, 4.69) is 23.2 Å². The van der Waals surface area contributed by atoms with Crippen molar-refractivity contribution >= 4 is 11.6 Å². The molecule has 3 heterocycles. The summed E-state index contributed by atoms with van der Waals surface area (Å²) < 4.78 is 11.2. The van der Waals surface area contributed by atoms with Crippen LogP contribution in [0.15, 0.2) is 57.6 Å². The van der Waals surface area contributed by atoms with Gasteiger partial charge in [-0.3, -0.25) is 9.69 Å². The van der Waals surface area contributed by atoms with Gasteiger partial charge in [0.15, 0.2) is 0 Å². The molecule has 3 aromatic rings. The summed E-state index contributed by atoms with van der Waals surface area (Å²) in [5.41, 5.74) is 2.96. The molecule has 1 aliphatic heterocycles. The Labute approximate surface area is 165 Å². The van der Waals surface area contributed by atoms with E-state index in [0.717, 1.165) is 61.0 Å². The van der Waals surface area contributed by atoms with Crippen LogP contribution >= 0.6 is 0 Å². The number of amides is 1. The van der Waals surface area contributed by atoms with Crippen molar-refractivity contribution in [3.8, 4) is 11.3 Å². The first-order valence-electron chi connectivity index (χ1n) is 9.81. The molecule has 1 fully saturated rings. The van der Waals surface area contributed by atoms with Crippen molar-refractivity contribution < 1.29 is 13.6 Å². The molecule has 28 heavy (non-hydrogen) atoms. The number of nitrogens with zero attached hydrogens (tertiary/aromatic N) is 1. The molecule has 1 amide bonds. The van der Waals surface area contributed by atoms with Gasteiger partial charge < -0.3 is 14.2 Å². The van der Waals surface area contributed by atoms with Crippen LogP contribution in [0, 0.1) is 19.8 Å². The van der Waals surface area contributed by atoms with Crippen LogP contribution < -0.4 is 5.32 Å². The van der Waals surface area contributed by atoms with Gasteiger partial charge in [0.2, 0.25) is 5.91 Å². The number of benzene rings is 1. The monoisotopic (exact) mass is 378 g/mol. The first kappa shape index (κ1) is 18.6. The van der Waals surface area contributed by atoms with E-state index in [1.54, 1.807) is 6.26 Å². The number of anilines is 1. The summed E-state index contributed by atoms with van der Waals surface area (Å²) in [7, 11) is 0. The van der Waals surface area contributed by atoms with Gasteiger partial charge in [-0.05, 0) is 75.7 Å². The Morgan fingerprint density at radius 2 is 1.96 bits per heavy atom. The Morgan fingerprint density at radius 1 is 1.14 bits per heavy atom. The van der Waals surface area contributed by atoms with Crippen LogP contribution in [-0.2, 0) is 11.3 Å². The van der Waals surface area contributed by atoms with Crippen LogP contribution in [0.25, 0.3) is 11.3 Å². The number of furan rings is 2. The molecular formula is C23H26N2O3. The lowest BCUT2D eigenvalue weighted by Crippen LogP contribution is -2.37. The normalized spacial score (nSPS) is 15.6. The fourth-order valence-corrected chi connectivity index (χ4v) is 3.74. The third-order valence-electron chi connectivity index (χ3n) is 5.49. The fourth-order valence-electron chi connectivity index (χ4n) is 3.74. The van der Waals surface area contributed by atoms with Crippen LogP contribution in [0.1, 0.15) is 29.9 Å². The largest absolute Gasteiger partial charge is 0.465 e. The molecular weight excluding hydrogens is 352 g/mol. The predicted octanol–water partition coefficient (Wildman–Crippen LogP) is 5.01. The predicted molar refractivity (Wildman–Crippen MR) is 109 cm³/mol. The van der Waals surface area contributed by atoms with Gasteiger partial charge in [0, 0.05) is 17.2 Å². The van der Waals surface area contributed by atoms with Crippen molar-refractivity contribution in [2.75, 3.05) is 18.4 Å². The highest BCUT2D eigenvalue weighted by Gasteiger charge is 2.25. The van der Waals surface area contributed by atoms with E-state index in [9.17, 15) is 4.79 Å². The molecule has 1 N–H and O–H groups in total. The number of piperidine rings is 1. The molecule has 0 spiro atoms. The summed E-state index contributed by atoms with van der Waals surface area (Å²) in [6.45, 7) is 6.69. The quantitative estimate of drug-likeness (QED) is 0.678. The summed E-state index contributed by atoms with van der Waals surface area (Å²) in [6.07, 6.45) is 3.38. The number of carbonyl (C=O) groups excluding carboxylic acids is 1. The maximum atomic E-state index is 12.7. The number of hydrogen-bond donors (Lipinski definition) is 1. The molecule has 0 radical (unpaired) electrons. The van der Waals surface area contributed by atoms with Gasteiger partial charge in [-0.25, -0.2) is 0 Å². The van der Waals surface area contributed by atoms with Gasteiger partial charge in [0.25, 0.3) is 0 Å². The number of hydrogen-bond acceptors (Lipinski definition) is 4. The number of aryl methyl sites for hydroxylation is 2. The lowest BCUT2D eigenvalue weighted by Gasteiger charge is -2.30. The Morgan fingerprint density at radius 3 is 2.64 bits per heavy atom. The maximum absolute atomic E-state index is 12.7. The van der Waals surface area contributed by atoms with Crippen molar-refractivity contribution in [1.82, 2.24) is 4.90 Å². The summed E-state index contributed by atoms with van der Waals surface area (Å²) in [5.74, 6) is 2.94. The first-order chi connectivity index (χ1) is 13.6. The molecule has 5 heteroatoms. The topological polar surface area (TPSA) is 58.6 Å². The minimum Gasteiger partial charge on any atom is -0.465 e. The molecule has 1 aliphatic rings. The second-order valence-corrected chi connectivity index (χ2v) is 7.55. The van der Waals surface area contributed by atoms with Gasteiger partial charge in [0.05, 0.1) is 12.8 Å². The second-order valence-electron chi connectivity index (χ2n) is 7.55. The molecule has 0 aliphatic carbocycles. The standard InChI is InChI=1S/C23H26N2O3/c1-16-13-21(28-17(16)2)15-25-10-8-18(9-11-25)23(26)24-20-6-3-5-19(14-20)22-7-4-12-27-22/h3-7,12-14,18H,8-11,15H2,1-2H3,(H,24,26). The Hall–Kier alpha value is -2.79. The van der Waals surface area contributed by atoms with Crippen LogP contribution in [0.3, 0.4) is 0 Å².